The molecular formula is C14H20Br2N2. The molecule has 0 amide bonds. The molecule has 4 heteroatoms. The van der Waals surface area contributed by atoms with Crippen LogP contribution >= 0.6 is 31.9 Å². The molecule has 2 nitrogen and oxygen atoms in total. The van der Waals surface area contributed by atoms with E-state index in [0.717, 1.165) is 17.6 Å². The van der Waals surface area contributed by atoms with Crippen molar-refractivity contribution in [1.82, 2.24) is 5.32 Å². The van der Waals surface area contributed by atoms with Gasteiger partial charge in [0.1, 0.15) is 0 Å². The highest BCUT2D eigenvalue weighted by molar-refractivity contribution is 9.11. The summed E-state index contributed by atoms with van der Waals surface area (Å²) >= 11 is 7.22. The molecule has 0 aliphatic carbocycles. The second kappa shape index (κ2) is 6.40. The number of nitrogens with one attached hydrogen (secondary N) is 1. The van der Waals surface area contributed by atoms with Crippen LogP contribution in [-0.4, -0.2) is 25.2 Å². The highest BCUT2D eigenvalue weighted by Gasteiger charge is 2.26. The Hall–Kier alpha value is -0.0600. The van der Waals surface area contributed by atoms with Gasteiger partial charge < -0.3 is 10.2 Å². The summed E-state index contributed by atoms with van der Waals surface area (Å²) in [5.74, 6) is 0. The lowest BCUT2D eigenvalue weighted by Crippen LogP contribution is -2.47. The maximum atomic E-state index is 3.66. The fourth-order valence-corrected chi connectivity index (χ4v) is 3.53. The van der Waals surface area contributed by atoms with Gasteiger partial charge in [0.05, 0.1) is 5.69 Å². The number of nitrogens with zero attached hydrogens (tertiary/aromatic N) is 1. The lowest BCUT2D eigenvalue weighted by molar-refractivity contribution is 0.374. The lowest BCUT2D eigenvalue weighted by atomic mass is 9.97. The number of benzene rings is 1. The molecule has 0 aromatic heterocycles. The van der Waals surface area contributed by atoms with Gasteiger partial charge in [-0.05, 0) is 60.4 Å². The van der Waals surface area contributed by atoms with Crippen molar-refractivity contribution < 1.29 is 0 Å². The third kappa shape index (κ3) is 3.28. The summed E-state index contributed by atoms with van der Waals surface area (Å²) in [4.78, 5) is 2.50. The second-order valence-corrected chi connectivity index (χ2v) is 6.69. The predicted octanol–water partition coefficient (Wildman–Crippen LogP) is 4.18. The number of hydrogen-bond acceptors (Lipinski definition) is 2. The monoisotopic (exact) mass is 374 g/mol. The van der Waals surface area contributed by atoms with Crippen molar-refractivity contribution in [3.8, 4) is 0 Å². The first-order valence-corrected chi connectivity index (χ1v) is 8.15. The van der Waals surface area contributed by atoms with Crippen LogP contribution in [0.3, 0.4) is 0 Å². The summed E-state index contributed by atoms with van der Waals surface area (Å²) in [6, 6.07) is 7.64. The normalized spacial score (nSPS) is 24.3. The van der Waals surface area contributed by atoms with Crippen LogP contribution in [0.5, 0.6) is 0 Å². The summed E-state index contributed by atoms with van der Waals surface area (Å²) in [6.45, 7) is 6.69. The highest BCUT2D eigenvalue weighted by Crippen LogP contribution is 2.33. The van der Waals surface area contributed by atoms with Crippen LogP contribution in [0.4, 0.5) is 5.69 Å². The van der Waals surface area contributed by atoms with Gasteiger partial charge in [-0.3, -0.25) is 0 Å². The van der Waals surface area contributed by atoms with Crippen LogP contribution in [0.2, 0.25) is 0 Å². The maximum Gasteiger partial charge on any atom is 0.0524 e. The van der Waals surface area contributed by atoms with Crippen molar-refractivity contribution in [3.05, 3.63) is 27.1 Å². The molecule has 2 unspecified atom stereocenters. The molecule has 1 aromatic rings. The number of rotatable bonds is 3. The van der Waals surface area contributed by atoms with E-state index >= 15 is 0 Å². The van der Waals surface area contributed by atoms with Gasteiger partial charge in [0.2, 0.25) is 0 Å². The summed E-state index contributed by atoms with van der Waals surface area (Å²) < 4.78 is 2.32. The molecule has 1 saturated heterocycles. The van der Waals surface area contributed by atoms with E-state index in [0.29, 0.717) is 12.1 Å². The SMILES string of the molecule is CCNC1CCN(c2cc(Br)ccc2Br)C(C)C1. The Morgan fingerprint density at radius 3 is 2.83 bits per heavy atom. The molecule has 0 saturated carbocycles. The zero-order valence-corrected chi connectivity index (χ0v) is 14.1. The van der Waals surface area contributed by atoms with Crippen molar-refractivity contribution in [3.63, 3.8) is 0 Å². The molecule has 1 fully saturated rings. The number of anilines is 1. The Bertz CT molecular complexity index is 409. The van der Waals surface area contributed by atoms with Gasteiger partial charge in [0.15, 0.2) is 0 Å². The molecule has 1 N–H and O–H groups in total. The van der Waals surface area contributed by atoms with E-state index in [4.69, 9.17) is 0 Å². The standard InChI is InChI=1S/C14H20Br2N2/c1-3-17-12-6-7-18(10(2)8-12)14-9-11(15)4-5-13(14)16/h4-5,9-10,12,17H,3,6-8H2,1-2H3. The Labute approximate surface area is 126 Å². The van der Waals surface area contributed by atoms with Crippen molar-refractivity contribution in [1.29, 1.82) is 0 Å². The van der Waals surface area contributed by atoms with Crippen LogP contribution in [0.15, 0.2) is 27.1 Å². The third-order valence-electron chi connectivity index (χ3n) is 3.59. The average molecular weight is 376 g/mol. The second-order valence-electron chi connectivity index (χ2n) is 4.92. The van der Waals surface area contributed by atoms with E-state index in [2.05, 4.69) is 74.1 Å². The van der Waals surface area contributed by atoms with Crippen LogP contribution in [-0.2, 0) is 0 Å². The molecule has 1 aromatic carbocycles. The van der Waals surface area contributed by atoms with E-state index in [1.54, 1.807) is 0 Å². The fourth-order valence-electron chi connectivity index (χ4n) is 2.71. The molecule has 0 radical (unpaired) electrons. The van der Waals surface area contributed by atoms with Crippen LogP contribution in [0.25, 0.3) is 0 Å². The highest BCUT2D eigenvalue weighted by atomic mass is 79.9. The van der Waals surface area contributed by atoms with E-state index in [1.165, 1.54) is 23.0 Å². The fraction of sp³-hybridized carbons (Fsp3) is 0.571. The largest absolute Gasteiger partial charge is 0.368 e. The molecule has 2 atom stereocenters. The van der Waals surface area contributed by atoms with Crippen molar-refractivity contribution in [2.75, 3.05) is 18.0 Å². The van der Waals surface area contributed by atoms with Gasteiger partial charge in [0.25, 0.3) is 0 Å². The quantitative estimate of drug-likeness (QED) is 0.852. The van der Waals surface area contributed by atoms with E-state index < -0.39 is 0 Å². The van der Waals surface area contributed by atoms with Crippen LogP contribution in [0.1, 0.15) is 26.7 Å². The summed E-state index contributed by atoms with van der Waals surface area (Å²) in [7, 11) is 0. The van der Waals surface area contributed by atoms with Crippen molar-refractivity contribution >= 4 is 37.5 Å². The minimum absolute atomic E-state index is 0.577. The molecule has 18 heavy (non-hydrogen) atoms. The molecule has 1 heterocycles. The molecule has 100 valence electrons. The Balaban J connectivity index is 2.12. The van der Waals surface area contributed by atoms with E-state index in [-0.39, 0.29) is 0 Å². The molecule has 0 bridgehead atoms. The first-order valence-electron chi connectivity index (χ1n) is 6.57. The van der Waals surface area contributed by atoms with Crippen molar-refractivity contribution in [2.24, 2.45) is 0 Å². The molecule has 1 aliphatic rings. The first kappa shape index (κ1) is 14.4. The minimum atomic E-state index is 0.577. The average Bonchev–Trinajstić information content (AvgIpc) is 2.33. The van der Waals surface area contributed by atoms with Gasteiger partial charge in [-0.15, -0.1) is 0 Å². The number of piperidine rings is 1. The van der Waals surface area contributed by atoms with Gasteiger partial charge >= 0.3 is 0 Å². The zero-order valence-electron chi connectivity index (χ0n) is 10.9. The third-order valence-corrected chi connectivity index (χ3v) is 4.75. The van der Waals surface area contributed by atoms with Crippen LogP contribution in [0, 0.1) is 0 Å². The number of halogens is 2. The maximum absolute atomic E-state index is 3.66. The zero-order chi connectivity index (χ0) is 13.1. The molecular weight excluding hydrogens is 356 g/mol. The van der Waals surface area contributed by atoms with Gasteiger partial charge in [-0.2, -0.15) is 0 Å². The van der Waals surface area contributed by atoms with Crippen LogP contribution < -0.4 is 10.2 Å². The lowest BCUT2D eigenvalue weighted by Gasteiger charge is -2.40. The Morgan fingerprint density at radius 1 is 1.39 bits per heavy atom. The summed E-state index contributed by atoms with van der Waals surface area (Å²) in [5.41, 5.74) is 1.30. The molecule has 1 aliphatic heterocycles. The van der Waals surface area contributed by atoms with Gasteiger partial charge in [-0.1, -0.05) is 22.9 Å². The topological polar surface area (TPSA) is 15.3 Å². The summed E-state index contributed by atoms with van der Waals surface area (Å²) in [5, 5.41) is 3.57. The smallest absolute Gasteiger partial charge is 0.0524 e. The first-order chi connectivity index (χ1) is 8.61. The van der Waals surface area contributed by atoms with Crippen molar-refractivity contribution in [2.45, 2.75) is 38.8 Å². The molecule has 0 spiro atoms. The van der Waals surface area contributed by atoms with E-state index in [9.17, 15) is 0 Å². The Morgan fingerprint density at radius 2 is 2.17 bits per heavy atom. The molecule has 2 rings (SSSR count). The number of hydrogen-bond donors (Lipinski definition) is 1. The van der Waals surface area contributed by atoms with Gasteiger partial charge in [-0.25, -0.2) is 0 Å². The summed E-state index contributed by atoms with van der Waals surface area (Å²) in [6.07, 6.45) is 2.43. The minimum Gasteiger partial charge on any atom is -0.368 e. The Kier molecular flexibility index (Phi) is 5.10. The van der Waals surface area contributed by atoms with E-state index in [1.807, 2.05) is 0 Å². The predicted molar refractivity (Wildman–Crippen MR) is 85.3 cm³/mol. The van der Waals surface area contributed by atoms with Gasteiger partial charge in [0, 0.05) is 27.6 Å².